The Hall–Kier alpha value is -2.94. The maximum absolute atomic E-state index is 12.9. The standard InChI is InChI=1S/C17H14ClF3N2O4/c1-25-15-6-10(2-5-14(15)27-17(20)21)8-22-26-9-16(24)23-13-4-3-11(19)7-12(13)18/h2-8,17H,9H2,1H3,(H,23,24)/b22-8-. The summed E-state index contributed by atoms with van der Waals surface area (Å²) in [6.07, 6.45) is 1.26. The number of nitrogens with one attached hydrogen (secondary N) is 1. The molecule has 0 aromatic heterocycles. The largest absolute Gasteiger partial charge is 0.493 e. The number of methoxy groups -OCH3 is 1. The lowest BCUT2D eigenvalue weighted by molar-refractivity contribution is -0.120. The van der Waals surface area contributed by atoms with Gasteiger partial charge in [-0.1, -0.05) is 16.8 Å². The molecule has 0 unspecified atom stereocenters. The number of rotatable bonds is 8. The summed E-state index contributed by atoms with van der Waals surface area (Å²) in [5.74, 6) is -1.12. The number of halogens is 4. The molecule has 0 spiro atoms. The van der Waals surface area contributed by atoms with Gasteiger partial charge in [-0.2, -0.15) is 8.78 Å². The molecule has 2 aromatic rings. The Morgan fingerprint density at radius 1 is 1.26 bits per heavy atom. The van der Waals surface area contributed by atoms with Crippen molar-refractivity contribution in [1.29, 1.82) is 0 Å². The zero-order chi connectivity index (χ0) is 19.8. The number of amides is 1. The molecule has 144 valence electrons. The van der Waals surface area contributed by atoms with E-state index in [1.807, 2.05) is 0 Å². The van der Waals surface area contributed by atoms with Crippen LogP contribution in [0.5, 0.6) is 11.5 Å². The van der Waals surface area contributed by atoms with E-state index in [4.69, 9.17) is 21.2 Å². The van der Waals surface area contributed by atoms with Gasteiger partial charge in [-0.05, 0) is 36.4 Å². The van der Waals surface area contributed by atoms with Crippen LogP contribution in [0.4, 0.5) is 18.9 Å². The molecule has 0 atom stereocenters. The van der Waals surface area contributed by atoms with Gasteiger partial charge in [0, 0.05) is 5.56 Å². The third-order valence-electron chi connectivity index (χ3n) is 3.08. The van der Waals surface area contributed by atoms with Gasteiger partial charge in [0.15, 0.2) is 18.1 Å². The topological polar surface area (TPSA) is 69.2 Å². The Kier molecular flexibility index (Phi) is 7.30. The highest BCUT2D eigenvalue weighted by Crippen LogP contribution is 2.29. The highest BCUT2D eigenvalue weighted by atomic mass is 35.5. The summed E-state index contributed by atoms with van der Waals surface area (Å²) in [5, 5.41) is 6.08. The second-order valence-corrected chi connectivity index (χ2v) is 5.38. The van der Waals surface area contributed by atoms with E-state index in [9.17, 15) is 18.0 Å². The number of carbonyl (C=O) groups excluding carboxylic acids is 1. The molecule has 0 saturated carbocycles. The van der Waals surface area contributed by atoms with Crippen LogP contribution in [0.15, 0.2) is 41.6 Å². The van der Waals surface area contributed by atoms with Gasteiger partial charge in [-0.3, -0.25) is 4.79 Å². The van der Waals surface area contributed by atoms with Crippen LogP contribution in [0, 0.1) is 5.82 Å². The van der Waals surface area contributed by atoms with E-state index in [0.717, 1.165) is 12.1 Å². The molecule has 0 aliphatic carbocycles. The van der Waals surface area contributed by atoms with Crippen molar-refractivity contribution in [3.05, 3.63) is 52.8 Å². The predicted molar refractivity (Wildman–Crippen MR) is 93.2 cm³/mol. The molecule has 0 aliphatic rings. The van der Waals surface area contributed by atoms with E-state index in [2.05, 4.69) is 15.2 Å². The van der Waals surface area contributed by atoms with Crippen LogP contribution in [0.1, 0.15) is 5.56 Å². The van der Waals surface area contributed by atoms with Crippen molar-refractivity contribution in [1.82, 2.24) is 0 Å². The number of nitrogens with zero attached hydrogens (tertiary/aromatic N) is 1. The molecule has 0 heterocycles. The molecule has 1 N–H and O–H groups in total. The number of oxime groups is 1. The summed E-state index contributed by atoms with van der Waals surface area (Å²) < 4.78 is 46.7. The van der Waals surface area contributed by atoms with Crippen molar-refractivity contribution in [2.75, 3.05) is 19.0 Å². The second-order valence-electron chi connectivity index (χ2n) is 4.97. The molecule has 10 heteroatoms. The molecule has 2 aromatic carbocycles. The van der Waals surface area contributed by atoms with E-state index in [0.29, 0.717) is 5.56 Å². The van der Waals surface area contributed by atoms with Gasteiger partial charge in [0.2, 0.25) is 0 Å². The average Bonchev–Trinajstić information content (AvgIpc) is 2.61. The van der Waals surface area contributed by atoms with Crippen LogP contribution in [-0.4, -0.2) is 32.4 Å². The van der Waals surface area contributed by atoms with E-state index in [1.54, 1.807) is 0 Å². The normalized spacial score (nSPS) is 10.9. The lowest BCUT2D eigenvalue weighted by Gasteiger charge is -2.10. The molecular weight excluding hydrogens is 389 g/mol. The van der Waals surface area contributed by atoms with Gasteiger partial charge in [-0.25, -0.2) is 4.39 Å². The lowest BCUT2D eigenvalue weighted by Crippen LogP contribution is -2.17. The van der Waals surface area contributed by atoms with Gasteiger partial charge < -0.3 is 19.6 Å². The number of anilines is 1. The van der Waals surface area contributed by atoms with Crippen molar-refractivity contribution >= 4 is 29.4 Å². The Balaban J connectivity index is 1.88. The summed E-state index contributed by atoms with van der Waals surface area (Å²) in [4.78, 5) is 16.6. The molecule has 1 amide bonds. The Labute approximate surface area is 157 Å². The minimum atomic E-state index is -2.98. The van der Waals surface area contributed by atoms with E-state index in [-0.39, 0.29) is 22.2 Å². The fourth-order valence-electron chi connectivity index (χ4n) is 1.93. The first-order valence-electron chi connectivity index (χ1n) is 7.42. The molecule has 0 bridgehead atoms. The monoisotopic (exact) mass is 402 g/mol. The zero-order valence-corrected chi connectivity index (χ0v) is 14.7. The molecule has 2 rings (SSSR count). The Morgan fingerprint density at radius 2 is 2.04 bits per heavy atom. The second kappa shape index (κ2) is 9.67. The van der Waals surface area contributed by atoms with Gasteiger partial charge in [0.1, 0.15) is 5.82 Å². The first kappa shape index (κ1) is 20.4. The van der Waals surface area contributed by atoms with E-state index < -0.39 is 24.9 Å². The van der Waals surface area contributed by atoms with Crippen molar-refractivity contribution in [2.45, 2.75) is 6.61 Å². The average molecular weight is 403 g/mol. The first-order valence-corrected chi connectivity index (χ1v) is 7.80. The van der Waals surface area contributed by atoms with Crippen LogP contribution in [0.2, 0.25) is 5.02 Å². The first-order chi connectivity index (χ1) is 12.9. The number of benzene rings is 2. The number of carbonyl (C=O) groups is 1. The Morgan fingerprint density at radius 3 is 2.70 bits per heavy atom. The Bertz CT molecular complexity index is 834. The highest BCUT2D eigenvalue weighted by molar-refractivity contribution is 6.33. The molecule has 0 saturated heterocycles. The van der Waals surface area contributed by atoms with Crippen molar-refractivity contribution in [3.8, 4) is 11.5 Å². The minimum absolute atomic E-state index is 0.0463. The summed E-state index contributed by atoms with van der Waals surface area (Å²) in [7, 11) is 1.30. The van der Waals surface area contributed by atoms with Crippen molar-refractivity contribution in [2.24, 2.45) is 5.16 Å². The highest BCUT2D eigenvalue weighted by Gasteiger charge is 2.11. The van der Waals surface area contributed by atoms with E-state index in [1.165, 1.54) is 37.6 Å². The van der Waals surface area contributed by atoms with Crippen LogP contribution in [-0.2, 0) is 9.63 Å². The fraction of sp³-hybridized carbons (Fsp3) is 0.176. The van der Waals surface area contributed by atoms with E-state index >= 15 is 0 Å². The van der Waals surface area contributed by atoms with Gasteiger partial charge in [0.25, 0.3) is 5.91 Å². The molecule has 0 radical (unpaired) electrons. The quantitative estimate of drug-likeness (QED) is 0.533. The molecule has 0 fully saturated rings. The van der Waals surface area contributed by atoms with Crippen molar-refractivity contribution < 1.29 is 32.3 Å². The SMILES string of the molecule is COc1cc(/C=N\OCC(=O)Nc2ccc(F)cc2Cl)ccc1OC(F)F. The maximum atomic E-state index is 12.9. The van der Waals surface area contributed by atoms with Gasteiger partial charge >= 0.3 is 6.61 Å². The zero-order valence-electron chi connectivity index (χ0n) is 13.9. The summed E-state index contributed by atoms with van der Waals surface area (Å²) in [6, 6.07) is 7.67. The fourth-order valence-corrected chi connectivity index (χ4v) is 2.14. The van der Waals surface area contributed by atoms with Crippen LogP contribution < -0.4 is 14.8 Å². The summed E-state index contributed by atoms with van der Waals surface area (Å²) in [6.45, 7) is -3.40. The molecular formula is C17H14ClF3N2O4. The third kappa shape index (κ3) is 6.37. The molecule has 27 heavy (non-hydrogen) atoms. The van der Waals surface area contributed by atoms with Gasteiger partial charge in [0.05, 0.1) is 24.0 Å². The van der Waals surface area contributed by atoms with Gasteiger partial charge in [-0.15, -0.1) is 0 Å². The van der Waals surface area contributed by atoms with Crippen LogP contribution in [0.25, 0.3) is 0 Å². The number of ether oxygens (including phenoxy) is 2. The minimum Gasteiger partial charge on any atom is -0.493 e. The lowest BCUT2D eigenvalue weighted by atomic mass is 10.2. The van der Waals surface area contributed by atoms with Crippen LogP contribution in [0.3, 0.4) is 0 Å². The maximum Gasteiger partial charge on any atom is 0.387 e. The summed E-state index contributed by atoms with van der Waals surface area (Å²) >= 11 is 5.79. The number of hydrogen-bond acceptors (Lipinski definition) is 5. The smallest absolute Gasteiger partial charge is 0.387 e. The predicted octanol–water partition coefficient (Wildman–Crippen LogP) is 4.08. The number of alkyl halides is 2. The third-order valence-corrected chi connectivity index (χ3v) is 3.39. The number of hydrogen-bond donors (Lipinski definition) is 1. The van der Waals surface area contributed by atoms with Crippen LogP contribution >= 0.6 is 11.6 Å². The molecule has 6 nitrogen and oxygen atoms in total. The van der Waals surface area contributed by atoms with Crippen molar-refractivity contribution in [3.63, 3.8) is 0 Å². The molecule has 0 aliphatic heterocycles. The summed E-state index contributed by atoms with van der Waals surface area (Å²) in [5.41, 5.74) is 0.699.